The third-order valence-electron chi connectivity index (χ3n) is 3.36. The third-order valence-corrected chi connectivity index (χ3v) is 4.32. The van der Waals surface area contributed by atoms with Crippen LogP contribution in [0.4, 0.5) is 5.69 Å². The van der Waals surface area contributed by atoms with Gasteiger partial charge in [-0.15, -0.1) is 5.10 Å². The van der Waals surface area contributed by atoms with Gasteiger partial charge in [0.25, 0.3) is 5.69 Å². The number of methoxy groups -OCH3 is 1. The smallest absolute Gasteiger partial charge is 0.270 e. The van der Waals surface area contributed by atoms with E-state index in [9.17, 15) is 14.9 Å². The minimum atomic E-state index is -0.546. The van der Waals surface area contributed by atoms with Crippen molar-refractivity contribution in [3.05, 3.63) is 58.1 Å². The zero-order valence-corrected chi connectivity index (χ0v) is 13.8. The molecule has 8 nitrogen and oxygen atoms in total. The predicted octanol–water partition coefficient (Wildman–Crippen LogP) is 3.35. The average Bonchev–Trinajstić information content (AvgIpc) is 3.10. The van der Waals surface area contributed by atoms with Gasteiger partial charge in [0.2, 0.25) is 5.16 Å². The van der Waals surface area contributed by atoms with E-state index in [0.29, 0.717) is 22.2 Å². The Morgan fingerprint density at radius 2 is 2.00 bits per heavy atom. The number of rotatable bonds is 6. The molecule has 0 saturated heterocycles. The lowest BCUT2D eigenvalue weighted by molar-refractivity contribution is -0.384. The zero-order valence-electron chi connectivity index (χ0n) is 13.0. The molecule has 25 heavy (non-hydrogen) atoms. The Bertz CT molecular complexity index is 924. The van der Waals surface area contributed by atoms with Gasteiger partial charge < -0.3 is 4.74 Å². The van der Waals surface area contributed by atoms with Crippen LogP contribution in [0, 0.1) is 10.1 Å². The van der Waals surface area contributed by atoms with Crippen LogP contribution in [-0.2, 0) is 0 Å². The van der Waals surface area contributed by atoms with Gasteiger partial charge in [0.15, 0.2) is 12.1 Å². The van der Waals surface area contributed by atoms with Crippen molar-refractivity contribution in [2.45, 2.75) is 10.1 Å². The fourth-order valence-corrected chi connectivity index (χ4v) is 2.89. The first-order valence-corrected chi connectivity index (χ1v) is 7.90. The number of benzene rings is 2. The van der Waals surface area contributed by atoms with Gasteiger partial charge in [-0.2, -0.15) is 0 Å². The lowest BCUT2D eigenvalue weighted by Gasteiger charge is -2.01. The molecule has 1 N–H and O–H groups in total. The first-order chi connectivity index (χ1) is 12.1. The van der Waals surface area contributed by atoms with Gasteiger partial charge >= 0.3 is 0 Å². The van der Waals surface area contributed by atoms with Crippen LogP contribution in [0.15, 0.2) is 52.5 Å². The fourth-order valence-electron chi connectivity index (χ4n) is 2.10. The highest BCUT2D eigenvalue weighted by Crippen LogP contribution is 2.31. The molecule has 126 valence electrons. The number of aldehydes is 1. The topological polar surface area (TPSA) is 111 Å². The second kappa shape index (κ2) is 7.14. The summed E-state index contributed by atoms with van der Waals surface area (Å²) in [5.41, 5.74) is 0.912. The number of carbonyl (C=O) groups excluding carboxylic acids is 1. The summed E-state index contributed by atoms with van der Waals surface area (Å²) in [7, 11) is 1.59. The van der Waals surface area contributed by atoms with Crippen molar-refractivity contribution in [3.8, 4) is 17.1 Å². The fraction of sp³-hybridized carbons (Fsp3) is 0.0625. The lowest BCUT2D eigenvalue weighted by Crippen LogP contribution is -1.92. The highest BCUT2D eigenvalue weighted by molar-refractivity contribution is 7.99. The SMILES string of the molecule is COc1ccc(-c2nc(Sc3ccc([N+](=O)[O-])cc3C=O)n[nH]2)cc1. The van der Waals surface area contributed by atoms with Crippen LogP contribution in [0.2, 0.25) is 0 Å². The van der Waals surface area contributed by atoms with Gasteiger partial charge in [-0.25, -0.2) is 4.98 Å². The number of hydrogen-bond donors (Lipinski definition) is 1. The van der Waals surface area contributed by atoms with Crippen molar-refractivity contribution in [2.24, 2.45) is 0 Å². The van der Waals surface area contributed by atoms with E-state index in [1.165, 1.54) is 18.2 Å². The third kappa shape index (κ3) is 3.66. The Labute approximate surface area is 146 Å². The maximum atomic E-state index is 11.2. The van der Waals surface area contributed by atoms with Crippen molar-refractivity contribution < 1.29 is 14.5 Å². The molecule has 0 atom stereocenters. The molecule has 3 rings (SSSR count). The Kier molecular flexibility index (Phi) is 4.75. The molecule has 3 aromatic rings. The van der Waals surface area contributed by atoms with Crippen LogP contribution in [0.25, 0.3) is 11.4 Å². The monoisotopic (exact) mass is 356 g/mol. The van der Waals surface area contributed by atoms with Crippen molar-refractivity contribution in [3.63, 3.8) is 0 Å². The first-order valence-electron chi connectivity index (χ1n) is 7.09. The molecule has 0 fully saturated rings. The summed E-state index contributed by atoms with van der Waals surface area (Å²) in [6, 6.07) is 11.4. The van der Waals surface area contributed by atoms with Gasteiger partial charge in [0, 0.05) is 28.2 Å². The van der Waals surface area contributed by atoms with Crippen molar-refractivity contribution in [1.29, 1.82) is 0 Å². The molecule has 0 aliphatic carbocycles. The minimum Gasteiger partial charge on any atom is -0.497 e. The summed E-state index contributed by atoms with van der Waals surface area (Å²) in [6.07, 6.45) is 0.576. The van der Waals surface area contributed by atoms with Crippen LogP contribution >= 0.6 is 11.8 Å². The number of aromatic amines is 1. The molecule has 0 saturated carbocycles. The number of carbonyl (C=O) groups is 1. The number of aromatic nitrogens is 3. The highest BCUT2D eigenvalue weighted by Gasteiger charge is 2.14. The summed E-state index contributed by atoms with van der Waals surface area (Å²) < 4.78 is 5.11. The molecule has 1 aromatic heterocycles. The van der Waals surface area contributed by atoms with Crippen molar-refractivity contribution in [2.75, 3.05) is 7.11 Å². The van der Waals surface area contributed by atoms with Gasteiger partial charge in [0.1, 0.15) is 5.75 Å². The molecule has 0 aliphatic heterocycles. The molecule has 0 spiro atoms. The van der Waals surface area contributed by atoms with Crippen LogP contribution in [0.5, 0.6) is 5.75 Å². The van der Waals surface area contributed by atoms with E-state index in [1.807, 2.05) is 24.3 Å². The molecular weight excluding hydrogens is 344 g/mol. The second-order valence-electron chi connectivity index (χ2n) is 4.89. The van der Waals surface area contributed by atoms with Gasteiger partial charge in [-0.05, 0) is 42.1 Å². The number of non-ortho nitro benzene ring substituents is 1. The molecule has 0 amide bonds. The maximum absolute atomic E-state index is 11.2. The Morgan fingerprint density at radius 1 is 1.24 bits per heavy atom. The quantitative estimate of drug-likeness (QED) is 0.409. The molecular formula is C16H12N4O4S. The molecule has 0 aliphatic rings. The molecule has 0 radical (unpaired) electrons. The number of hydrogen-bond acceptors (Lipinski definition) is 7. The molecule has 9 heteroatoms. The van der Waals surface area contributed by atoms with Crippen molar-refractivity contribution >= 4 is 23.7 Å². The summed E-state index contributed by atoms with van der Waals surface area (Å²) in [4.78, 5) is 26.3. The Morgan fingerprint density at radius 3 is 2.64 bits per heavy atom. The summed E-state index contributed by atoms with van der Waals surface area (Å²) in [5.74, 6) is 1.30. The van der Waals surface area contributed by atoms with Crippen LogP contribution in [0.3, 0.4) is 0 Å². The zero-order chi connectivity index (χ0) is 17.8. The van der Waals surface area contributed by atoms with Gasteiger partial charge in [-0.3, -0.25) is 20.0 Å². The number of nitro benzene ring substituents is 1. The summed E-state index contributed by atoms with van der Waals surface area (Å²) in [5, 5.41) is 18.1. The van der Waals surface area contributed by atoms with E-state index in [-0.39, 0.29) is 11.3 Å². The van der Waals surface area contributed by atoms with Crippen LogP contribution in [0.1, 0.15) is 10.4 Å². The Balaban J connectivity index is 1.83. The number of H-pyrrole nitrogens is 1. The van der Waals surface area contributed by atoms with Crippen LogP contribution < -0.4 is 4.74 Å². The van der Waals surface area contributed by atoms with E-state index in [1.54, 1.807) is 7.11 Å². The molecule has 0 unspecified atom stereocenters. The largest absolute Gasteiger partial charge is 0.497 e. The highest BCUT2D eigenvalue weighted by atomic mass is 32.2. The predicted molar refractivity (Wildman–Crippen MR) is 91.0 cm³/mol. The van der Waals surface area contributed by atoms with Gasteiger partial charge in [-0.1, -0.05) is 0 Å². The summed E-state index contributed by atoms with van der Waals surface area (Å²) >= 11 is 1.15. The van der Waals surface area contributed by atoms with E-state index in [2.05, 4.69) is 15.2 Å². The minimum absolute atomic E-state index is 0.139. The maximum Gasteiger partial charge on any atom is 0.270 e. The first kappa shape index (κ1) is 16.7. The number of nitrogens with zero attached hydrogens (tertiary/aromatic N) is 3. The lowest BCUT2D eigenvalue weighted by atomic mass is 10.2. The van der Waals surface area contributed by atoms with Crippen molar-refractivity contribution in [1.82, 2.24) is 15.2 Å². The van der Waals surface area contributed by atoms with Gasteiger partial charge in [0.05, 0.1) is 12.0 Å². The van der Waals surface area contributed by atoms with E-state index >= 15 is 0 Å². The van der Waals surface area contributed by atoms with E-state index in [0.717, 1.165) is 23.1 Å². The normalized spacial score (nSPS) is 10.4. The molecule has 0 bridgehead atoms. The van der Waals surface area contributed by atoms with E-state index < -0.39 is 4.92 Å². The number of ether oxygens (including phenoxy) is 1. The summed E-state index contributed by atoms with van der Waals surface area (Å²) in [6.45, 7) is 0. The molecule has 1 heterocycles. The second-order valence-corrected chi connectivity index (χ2v) is 5.90. The Hall–Kier alpha value is -3.20. The average molecular weight is 356 g/mol. The van der Waals surface area contributed by atoms with E-state index in [4.69, 9.17) is 4.74 Å². The standard InChI is InChI=1S/C16H12N4O4S/c1-24-13-5-2-10(3-6-13)15-17-16(19-18-15)25-14-7-4-12(20(22)23)8-11(14)9-21/h2-9H,1H3,(H,17,18,19). The van der Waals surface area contributed by atoms with Crippen LogP contribution in [-0.4, -0.2) is 33.5 Å². The number of nitro groups is 1. The molecule has 2 aromatic carbocycles. The number of nitrogens with one attached hydrogen (secondary N) is 1.